The average molecular weight is 509 g/mol. The SMILES string of the molecule is CCCCCCCCCCCC(=O)OC[C@@]1(N=[N+]=[N-])O[C@@H](n2ccc(N)nc2=O)C2O[C@@H](OC)O[C@@H]21. The molecule has 2 aliphatic rings. The molecule has 0 spiro atoms. The van der Waals surface area contributed by atoms with Crippen LogP contribution in [0.5, 0.6) is 0 Å². The van der Waals surface area contributed by atoms with E-state index in [0.29, 0.717) is 6.42 Å². The quantitative estimate of drug-likeness (QED) is 0.122. The Bertz CT molecular complexity index is 969. The van der Waals surface area contributed by atoms with E-state index in [-0.39, 0.29) is 12.2 Å². The summed E-state index contributed by atoms with van der Waals surface area (Å²) in [4.78, 5) is 31.4. The van der Waals surface area contributed by atoms with Crippen molar-refractivity contribution in [1.29, 1.82) is 0 Å². The zero-order valence-electron chi connectivity index (χ0n) is 20.9. The van der Waals surface area contributed by atoms with Gasteiger partial charge in [-0.05, 0) is 18.0 Å². The summed E-state index contributed by atoms with van der Waals surface area (Å²) >= 11 is 0. The monoisotopic (exact) mass is 508 g/mol. The number of anilines is 1. The number of azide groups is 1. The Labute approximate surface area is 209 Å². The van der Waals surface area contributed by atoms with Crippen LogP contribution in [0.4, 0.5) is 5.82 Å². The van der Waals surface area contributed by atoms with Crippen molar-refractivity contribution in [2.45, 2.75) is 102 Å². The number of nitrogens with zero attached hydrogens (tertiary/aromatic N) is 5. The fourth-order valence-electron chi connectivity index (χ4n) is 4.43. The maximum absolute atomic E-state index is 12.4. The second kappa shape index (κ2) is 13.6. The van der Waals surface area contributed by atoms with Crippen LogP contribution in [0.3, 0.4) is 0 Å². The van der Waals surface area contributed by atoms with Gasteiger partial charge in [-0.1, -0.05) is 63.4 Å². The van der Waals surface area contributed by atoms with Gasteiger partial charge in [0, 0.05) is 24.6 Å². The Hall–Kier alpha value is -2.70. The van der Waals surface area contributed by atoms with E-state index in [1.807, 2.05) is 0 Å². The number of nitrogens with two attached hydrogens (primary N) is 1. The number of aromatic nitrogens is 2. The van der Waals surface area contributed by atoms with Crippen LogP contribution in [-0.2, 0) is 28.5 Å². The van der Waals surface area contributed by atoms with Crippen molar-refractivity contribution in [2.24, 2.45) is 5.11 Å². The third-order valence-electron chi connectivity index (χ3n) is 6.33. The second-order valence-corrected chi connectivity index (χ2v) is 9.01. The predicted molar refractivity (Wildman–Crippen MR) is 128 cm³/mol. The number of fused-ring (bicyclic) bond motifs is 1. The first-order chi connectivity index (χ1) is 17.4. The lowest BCUT2D eigenvalue weighted by atomic mass is 10.1. The molecule has 2 fully saturated rings. The fourth-order valence-corrected chi connectivity index (χ4v) is 4.43. The van der Waals surface area contributed by atoms with Crippen molar-refractivity contribution in [3.63, 3.8) is 0 Å². The van der Waals surface area contributed by atoms with E-state index in [1.165, 1.54) is 51.5 Å². The fraction of sp³-hybridized carbons (Fsp3) is 0.783. The van der Waals surface area contributed by atoms with E-state index in [2.05, 4.69) is 21.9 Å². The van der Waals surface area contributed by atoms with Gasteiger partial charge in [0.2, 0.25) is 5.72 Å². The molecule has 0 aliphatic carbocycles. The lowest BCUT2D eigenvalue weighted by Gasteiger charge is -2.28. The molecule has 5 atom stereocenters. The number of methoxy groups -OCH3 is 1. The minimum Gasteiger partial charge on any atom is -0.462 e. The molecule has 0 bridgehead atoms. The highest BCUT2D eigenvalue weighted by atomic mass is 16.9. The molecule has 13 nitrogen and oxygen atoms in total. The van der Waals surface area contributed by atoms with Crippen molar-refractivity contribution in [3.05, 3.63) is 33.2 Å². The normalized spacial score (nSPS) is 26.9. The van der Waals surface area contributed by atoms with Gasteiger partial charge < -0.3 is 29.4 Å². The number of carbonyl (C=O) groups is 1. The van der Waals surface area contributed by atoms with E-state index < -0.39 is 48.9 Å². The molecule has 0 radical (unpaired) electrons. The zero-order chi connectivity index (χ0) is 26.0. The van der Waals surface area contributed by atoms with E-state index in [0.717, 1.165) is 23.8 Å². The van der Waals surface area contributed by atoms with Crippen LogP contribution in [0, 0.1) is 0 Å². The van der Waals surface area contributed by atoms with Gasteiger partial charge in [0.25, 0.3) is 6.48 Å². The summed E-state index contributed by atoms with van der Waals surface area (Å²) in [6.45, 7) is 0.698. The topological polar surface area (TPSA) is 173 Å². The maximum Gasteiger partial charge on any atom is 0.351 e. The van der Waals surface area contributed by atoms with Gasteiger partial charge in [-0.2, -0.15) is 4.98 Å². The Morgan fingerprint density at radius 1 is 1.22 bits per heavy atom. The number of unbranched alkanes of at least 4 members (excludes halogenated alkanes) is 8. The first-order valence-corrected chi connectivity index (χ1v) is 12.5. The van der Waals surface area contributed by atoms with Gasteiger partial charge >= 0.3 is 11.7 Å². The Balaban J connectivity index is 1.58. The number of esters is 1. The average Bonchev–Trinajstić information content (AvgIpc) is 3.41. The molecule has 1 aromatic heterocycles. The van der Waals surface area contributed by atoms with Crippen LogP contribution in [0.15, 0.2) is 22.2 Å². The maximum atomic E-state index is 12.4. The van der Waals surface area contributed by atoms with E-state index in [1.54, 1.807) is 0 Å². The molecule has 3 rings (SSSR count). The number of rotatable bonds is 15. The van der Waals surface area contributed by atoms with Crippen LogP contribution < -0.4 is 11.4 Å². The second-order valence-electron chi connectivity index (χ2n) is 9.01. The van der Waals surface area contributed by atoms with E-state index in [4.69, 9.17) is 29.4 Å². The molecular weight excluding hydrogens is 472 g/mol. The molecule has 3 heterocycles. The number of nitrogen functional groups attached to an aromatic ring is 1. The molecule has 2 saturated heterocycles. The Kier molecular flexibility index (Phi) is 10.5. The summed E-state index contributed by atoms with van der Waals surface area (Å²) in [6.07, 6.45) is 8.78. The summed E-state index contributed by atoms with van der Waals surface area (Å²) in [5, 5.41) is 3.77. The Morgan fingerprint density at radius 3 is 2.56 bits per heavy atom. The summed E-state index contributed by atoms with van der Waals surface area (Å²) in [5.41, 5.74) is 12.4. The molecule has 0 saturated carbocycles. The van der Waals surface area contributed by atoms with Crippen LogP contribution in [0.25, 0.3) is 10.4 Å². The highest BCUT2D eigenvalue weighted by Crippen LogP contribution is 2.46. The highest BCUT2D eigenvalue weighted by Gasteiger charge is 2.63. The standard InChI is InChI=1S/C23H36N6O7/c1-3-4-5-6-7-8-9-10-11-12-17(30)33-15-23(27-28-25)19-18(34-22(32-2)35-19)20(36-23)29-14-13-16(24)26-21(29)31/h13-14,18-20,22H,3-12,15H2,1-2H3,(H2,24,26,31)/t18?,19-,20+,22+,23+/m0/s1. The summed E-state index contributed by atoms with van der Waals surface area (Å²) in [5.74, 6) is -0.404. The largest absolute Gasteiger partial charge is 0.462 e. The van der Waals surface area contributed by atoms with Gasteiger partial charge in [-0.15, -0.1) is 0 Å². The summed E-state index contributed by atoms with van der Waals surface area (Å²) in [7, 11) is 1.37. The lowest BCUT2D eigenvalue weighted by molar-refractivity contribution is -0.271. The first kappa shape index (κ1) is 27.9. The molecule has 2 N–H and O–H groups in total. The smallest absolute Gasteiger partial charge is 0.351 e. The molecule has 13 heteroatoms. The molecule has 1 unspecified atom stereocenters. The van der Waals surface area contributed by atoms with Crippen molar-refractivity contribution in [3.8, 4) is 0 Å². The first-order valence-electron chi connectivity index (χ1n) is 12.5. The van der Waals surface area contributed by atoms with Crippen molar-refractivity contribution < 1.29 is 28.5 Å². The number of ether oxygens (including phenoxy) is 5. The number of carbonyl (C=O) groups excluding carboxylic acids is 1. The minimum absolute atomic E-state index is 0.0379. The van der Waals surface area contributed by atoms with Crippen molar-refractivity contribution >= 4 is 11.8 Å². The molecule has 2 aliphatic heterocycles. The van der Waals surface area contributed by atoms with E-state index in [9.17, 15) is 15.1 Å². The van der Waals surface area contributed by atoms with Crippen molar-refractivity contribution in [1.82, 2.24) is 9.55 Å². The van der Waals surface area contributed by atoms with Crippen LogP contribution in [-0.4, -0.2) is 53.6 Å². The summed E-state index contributed by atoms with van der Waals surface area (Å²) < 4.78 is 29.1. The van der Waals surface area contributed by atoms with Gasteiger partial charge in [-0.25, -0.2) is 4.79 Å². The molecule has 200 valence electrons. The number of hydrogen-bond donors (Lipinski definition) is 1. The van der Waals surface area contributed by atoms with Crippen LogP contribution in [0.1, 0.15) is 77.4 Å². The summed E-state index contributed by atoms with van der Waals surface area (Å²) in [6, 6.07) is 1.42. The Morgan fingerprint density at radius 2 is 1.92 bits per heavy atom. The molecule has 1 aromatic rings. The number of hydrogen-bond acceptors (Lipinski definition) is 10. The lowest BCUT2D eigenvalue weighted by Crippen LogP contribution is -2.45. The van der Waals surface area contributed by atoms with Crippen LogP contribution in [0.2, 0.25) is 0 Å². The molecule has 36 heavy (non-hydrogen) atoms. The third-order valence-corrected chi connectivity index (χ3v) is 6.33. The molecule has 0 amide bonds. The van der Waals surface area contributed by atoms with Gasteiger partial charge in [0.15, 0.2) is 6.23 Å². The predicted octanol–water partition coefficient (Wildman–Crippen LogP) is 3.54. The van der Waals surface area contributed by atoms with Gasteiger partial charge in [0.05, 0.1) is 0 Å². The van der Waals surface area contributed by atoms with Crippen molar-refractivity contribution in [2.75, 3.05) is 19.5 Å². The van der Waals surface area contributed by atoms with Gasteiger partial charge in [0.1, 0.15) is 24.6 Å². The minimum atomic E-state index is -1.77. The third kappa shape index (κ3) is 6.95. The molecule has 0 aromatic carbocycles. The van der Waals surface area contributed by atoms with Gasteiger partial charge in [-0.3, -0.25) is 9.36 Å². The highest BCUT2D eigenvalue weighted by molar-refractivity contribution is 5.69. The zero-order valence-corrected chi connectivity index (χ0v) is 20.9. The molecular formula is C23H36N6O7. The van der Waals surface area contributed by atoms with Crippen LogP contribution >= 0.6 is 0 Å². The van der Waals surface area contributed by atoms with E-state index >= 15 is 0 Å².